The van der Waals surface area contributed by atoms with Crippen molar-refractivity contribution in [3.63, 3.8) is 0 Å². The van der Waals surface area contributed by atoms with Crippen LogP contribution in [0.5, 0.6) is 0 Å². The molecule has 1 atom stereocenters. The van der Waals surface area contributed by atoms with Crippen LogP contribution in [-0.2, 0) is 9.59 Å². The first-order valence-electron chi connectivity index (χ1n) is 7.41. The molecule has 22 heavy (non-hydrogen) atoms. The Labute approximate surface area is 128 Å². The number of anilines is 1. The summed E-state index contributed by atoms with van der Waals surface area (Å²) in [5.41, 5.74) is 0.764. The van der Waals surface area contributed by atoms with Gasteiger partial charge in [0.15, 0.2) is 0 Å². The summed E-state index contributed by atoms with van der Waals surface area (Å²) in [6, 6.07) is 6.88. The number of hydrogen-bond donors (Lipinski definition) is 2. The second-order valence-corrected chi connectivity index (χ2v) is 6.16. The van der Waals surface area contributed by atoms with Crippen molar-refractivity contribution in [1.82, 2.24) is 10.2 Å². The highest BCUT2D eigenvalue weighted by Crippen LogP contribution is 2.42. The minimum Gasteiger partial charge on any atom is -0.324 e. The Kier molecular flexibility index (Phi) is 3.39. The minimum atomic E-state index is -0.847. The quantitative estimate of drug-likeness (QED) is 0.830. The standard InChI is InChI=1S/C16H19N3O3/c1-10-5-3-4-6-12(10)17-13(20)9-19-14(21)16(2,11-7-8-11)18-15(19)22/h3-6,11H,7-9H2,1-2H3,(H,17,20)(H,18,22)/t16-/m0/s1. The molecule has 1 saturated heterocycles. The fourth-order valence-corrected chi connectivity index (χ4v) is 2.84. The van der Waals surface area contributed by atoms with Crippen LogP contribution >= 0.6 is 0 Å². The van der Waals surface area contributed by atoms with Gasteiger partial charge in [0.2, 0.25) is 5.91 Å². The summed E-state index contributed by atoms with van der Waals surface area (Å²) in [5, 5.41) is 5.47. The zero-order chi connectivity index (χ0) is 15.9. The maximum absolute atomic E-state index is 12.4. The second-order valence-electron chi connectivity index (χ2n) is 6.16. The van der Waals surface area contributed by atoms with E-state index in [9.17, 15) is 14.4 Å². The van der Waals surface area contributed by atoms with Gasteiger partial charge in [-0.15, -0.1) is 0 Å². The number of benzene rings is 1. The molecule has 2 N–H and O–H groups in total. The van der Waals surface area contributed by atoms with Gasteiger partial charge in [-0.2, -0.15) is 0 Å². The fraction of sp³-hybridized carbons (Fsp3) is 0.438. The minimum absolute atomic E-state index is 0.188. The number of urea groups is 1. The first kappa shape index (κ1) is 14.6. The van der Waals surface area contributed by atoms with E-state index >= 15 is 0 Å². The van der Waals surface area contributed by atoms with Gasteiger partial charge in [0, 0.05) is 5.69 Å². The van der Waals surface area contributed by atoms with E-state index in [-0.39, 0.29) is 24.3 Å². The molecule has 1 aromatic carbocycles. The molecular formula is C16H19N3O3. The molecule has 1 aliphatic heterocycles. The van der Waals surface area contributed by atoms with E-state index in [0.29, 0.717) is 5.69 Å². The van der Waals surface area contributed by atoms with Crippen molar-refractivity contribution in [3.05, 3.63) is 29.8 Å². The predicted molar refractivity (Wildman–Crippen MR) is 81.2 cm³/mol. The normalized spacial score (nSPS) is 24.4. The maximum atomic E-state index is 12.4. The maximum Gasteiger partial charge on any atom is 0.325 e. The molecule has 3 rings (SSSR count). The van der Waals surface area contributed by atoms with Gasteiger partial charge in [0.05, 0.1) is 0 Å². The summed E-state index contributed by atoms with van der Waals surface area (Å²) in [6.45, 7) is 3.36. The Hall–Kier alpha value is -2.37. The molecule has 6 nitrogen and oxygen atoms in total. The molecule has 116 valence electrons. The number of carbonyl (C=O) groups is 3. The van der Waals surface area contributed by atoms with E-state index < -0.39 is 11.6 Å². The lowest BCUT2D eigenvalue weighted by atomic mass is 9.96. The lowest BCUT2D eigenvalue weighted by Crippen LogP contribution is -2.46. The Morgan fingerprint density at radius 3 is 2.68 bits per heavy atom. The van der Waals surface area contributed by atoms with Crippen LogP contribution in [0, 0.1) is 12.8 Å². The number of imide groups is 1. The second kappa shape index (κ2) is 5.12. The van der Waals surface area contributed by atoms with Crippen LogP contribution in [0.4, 0.5) is 10.5 Å². The van der Waals surface area contributed by atoms with Crippen LogP contribution in [0.15, 0.2) is 24.3 Å². The molecule has 1 aliphatic carbocycles. The number of hydrogen-bond acceptors (Lipinski definition) is 3. The van der Waals surface area contributed by atoms with E-state index in [1.165, 1.54) is 0 Å². The van der Waals surface area contributed by atoms with Crippen LogP contribution in [0.1, 0.15) is 25.3 Å². The molecule has 4 amide bonds. The smallest absolute Gasteiger partial charge is 0.324 e. The average molecular weight is 301 g/mol. The van der Waals surface area contributed by atoms with E-state index in [2.05, 4.69) is 10.6 Å². The molecule has 1 saturated carbocycles. The van der Waals surface area contributed by atoms with Crippen molar-refractivity contribution < 1.29 is 14.4 Å². The average Bonchev–Trinajstić information content (AvgIpc) is 3.28. The molecule has 0 unspecified atom stereocenters. The van der Waals surface area contributed by atoms with Gasteiger partial charge in [-0.25, -0.2) is 4.79 Å². The van der Waals surface area contributed by atoms with Gasteiger partial charge in [0.25, 0.3) is 5.91 Å². The highest BCUT2D eigenvalue weighted by Gasteiger charge is 2.56. The molecule has 0 aromatic heterocycles. The van der Waals surface area contributed by atoms with E-state index in [4.69, 9.17) is 0 Å². The van der Waals surface area contributed by atoms with Crippen LogP contribution in [0.2, 0.25) is 0 Å². The van der Waals surface area contributed by atoms with Crippen molar-refractivity contribution >= 4 is 23.5 Å². The third-order valence-corrected chi connectivity index (χ3v) is 4.42. The molecule has 0 radical (unpaired) electrons. The number of aryl methyl sites for hydroxylation is 1. The van der Waals surface area contributed by atoms with Crippen molar-refractivity contribution in [3.8, 4) is 0 Å². The van der Waals surface area contributed by atoms with Gasteiger partial charge in [0.1, 0.15) is 12.1 Å². The Bertz CT molecular complexity index is 654. The molecule has 1 aromatic rings. The summed E-state index contributed by atoms with van der Waals surface area (Å²) in [6.07, 6.45) is 1.87. The number of nitrogens with zero attached hydrogens (tertiary/aromatic N) is 1. The van der Waals surface area contributed by atoms with E-state index in [1.807, 2.05) is 25.1 Å². The molecule has 6 heteroatoms. The van der Waals surface area contributed by atoms with E-state index in [0.717, 1.165) is 23.3 Å². The number of nitrogens with one attached hydrogen (secondary N) is 2. The number of rotatable bonds is 4. The Morgan fingerprint density at radius 2 is 2.05 bits per heavy atom. The van der Waals surface area contributed by atoms with Crippen molar-refractivity contribution in [1.29, 1.82) is 0 Å². The highest BCUT2D eigenvalue weighted by molar-refractivity contribution is 6.10. The largest absolute Gasteiger partial charge is 0.325 e. The molecule has 1 heterocycles. The van der Waals surface area contributed by atoms with E-state index in [1.54, 1.807) is 13.0 Å². The van der Waals surface area contributed by atoms with Gasteiger partial charge in [-0.3, -0.25) is 14.5 Å². The first-order chi connectivity index (χ1) is 10.4. The summed E-state index contributed by atoms with van der Waals surface area (Å²) < 4.78 is 0. The van der Waals surface area contributed by atoms with Gasteiger partial charge < -0.3 is 10.6 Å². The van der Waals surface area contributed by atoms with Crippen LogP contribution in [0.25, 0.3) is 0 Å². The fourth-order valence-electron chi connectivity index (χ4n) is 2.84. The number of amides is 4. The number of carbonyl (C=O) groups excluding carboxylic acids is 3. The molecule has 2 fully saturated rings. The van der Waals surface area contributed by atoms with Crippen LogP contribution < -0.4 is 10.6 Å². The molecule has 0 bridgehead atoms. The molecule has 2 aliphatic rings. The third-order valence-electron chi connectivity index (χ3n) is 4.42. The highest BCUT2D eigenvalue weighted by atomic mass is 16.2. The molecule has 0 spiro atoms. The predicted octanol–water partition coefficient (Wildman–Crippen LogP) is 1.65. The lowest BCUT2D eigenvalue weighted by molar-refractivity contribution is -0.134. The van der Waals surface area contributed by atoms with Gasteiger partial charge in [-0.05, 0) is 44.2 Å². The van der Waals surface area contributed by atoms with Crippen LogP contribution in [-0.4, -0.2) is 34.8 Å². The van der Waals surface area contributed by atoms with Crippen molar-refractivity contribution in [2.75, 3.05) is 11.9 Å². The van der Waals surface area contributed by atoms with Crippen molar-refractivity contribution in [2.24, 2.45) is 5.92 Å². The van der Waals surface area contributed by atoms with Gasteiger partial charge >= 0.3 is 6.03 Å². The lowest BCUT2D eigenvalue weighted by Gasteiger charge is -2.20. The summed E-state index contributed by atoms with van der Waals surface area (Å²) in [5.74, 6) is -0.494. The summed E-state index contributed by atoms with van der Waals surface area (Å²) >= 11 is 0. The Morgan fingerprint density at radius 1 is 1.36 bits per heavy atom. The SMILES string of the molecule is Cc1ccccc1NC(=O)CN1C(=O)N[C@@](C)(C2CC2)C1=O. The summed E-state index contributed by atoms with van der Waals surface area (Å²) in [4.78, 5) is 37.6. The van der Waals surface area contributed by atoms with Gasteiger partial charge in [-0.1, -0.05) is 18.2 Å². The third kappa shape index (κ3) is 2.45. The zero-order valence-electron chi connectivity index (χ0n) is 12.7. The zero-order valence-corrected chi connectivity index (χ0v) is 12.7. The number of para-hydroxylation sites is 1. The molecular weight excluding hydrogens is 282 g/mol. The monoisotopic (exact) mass is 301 g/mol. The summed E-state index contributed by atoms with van der Waals surface area (Å²) in [7, 11) is 0. The van der Waals surface area contributed by atoms with Crippen molar-refractivity contribution in [2.45, 2.75) is 32.2 Å². The Balaban J connectivity index is 1.68. The topological polar surface area (TPSA) is 78.5 Å². The van der Waals surface area contributed by atoms with Crippen LogP contribution in [0.3, 0.4) is 0 Å². The first-order valence-corrected chi connectivity index (χ1v) is 7.41.